The molecule has 1 saturated carbocycles. The van der Waals surface area contributed by atoms with Gasteiger partial charge >= 0.3 is 0 Å². The maximum absolute atomic E-state index is 12.0. The van der Waals surface area contributed by atoms with E-state index in [0.717, 1.165) is 24.1 Å². The van der Waals surface area contributed by atoms with Crippen molar-refractivity contribution in [3.8, 4) is 0 Å². The van der Waals surface area contributed by atoms with E-state index < -0.39 is 0 Å². The van der Waals surface area contributed by atoms with Gasteiger partial charge in [-0.05, 0) is 38.3 Å². The van der Waals surface area contributed by atoms with Crippen LogP contribution in [-0.2, 0) is 4.79 Å². The average molecular weight is 218 g/mol. The highest BCUT2D eigenvalue weighted by molar-refractivity contribution is 5.97. The van der Waals surface area contributed by atoms with Crippen molar-refractivity contribution in [1.82, 2.24) is 0 Å². The fraction of sp³-hybridized carbons (Fsp3) is 0.462. The highest BCUT2D eigenvalue weighted by Crippen LogP contribution is 2.45. The number of rotatable bonds is 3. The summed E-state index contributed by atoms with van der Waals surface area (Å²) in [6, 6.07) is 6.03. The minimum absolute atomic E-state index is 0.0713. The van der Waals surface area contributed by atoms with Crippen LogP contribution in [0, 0.1) is 19.3 Å². The number of carbonyl (C=O) groups is 1. The number of anilines is 1. The Balaban J connectivity index is 2.12. The van der Waals surface area contributed by atoms with E-state index in [-0.39, 0.29) is 11.3 Å². The molecular formula is C13H18N2O. The van der Waals surface area contributed by atoms with Gasteiger partial charge in [0, 0.05) is 12.2 Å². The molecule has 0 radical (unpaired) electrons. The van der Waals surface area contributed by atoms with E-state index in [1.165, 1.54) is 5.56 Å². The van der Waals surface area contributed by atoms with Crippen LogP contribution in [0.2, 0.25) is 0 Å². The molecule has 0 aromatic heterocycles. The normalized spacial score (nSPS) is 16.9. The molecule has 3 nitrogen and oxygen atoms in total. The van der Waals surface area contributed by atoms with E-state index in [4.69, 9.17) is 5.73 Å². The third-order valence-corrected chi connectivity index (χ3v) is 3.36. The molecule has 0 heterocycles. The summed E-state index contributed by atoms with van der Waals surface area (Å²) < 4.78 is 0. The van der Waals surface area contributed by atoms with Gasteiger partial charge in [0.15, 0.2) is 0 Å². The molecule has 1 fully saturated rings. The Morgan fingerprint density at radius 1 is 1.44 bits per heavy atom. The van der Waals surface area contributed by atoms with E-state index in [1.807, 2.05) is 26.0 Å². The molecule has 0 aliphatic heterocycles. The molecular weight excluding hydrogens is 200 g/mol. The zero-order chi connectivity index (χ0) is 11.8. The van der Waals surface area contributed by atoms with E-state index in [0.29, 0.717) is 6.54 Å². The Hall–Kier alpha value is -1.35. The van der Waals surface area contributed by atoms with Crippen LogP contribution in [0.1, 0.15) is 24.0 Å². The fourth-order valence-electron chi connectivity index (χ4n) is 1.88. The highest BCUT2D eigenvalue weighted by Gasteiger charge is 2.48. The van der Waals surface area contributed by atoms with Gasteiger partial charge in [0.25, 0.3) is 0 Å². The number of hydrogen-bond acceptors (Lipinski definition) is 2. The van der Waals surface area contributed by atoms with Crippen LogP contribution in [0.4, 0.5) is 5.69 Å². The second-order valence-corrected chi connectivity index (χ2v) is 4.76. The molecule has 0 saturated heterocycles. The van der Waals surface area contributed by atoms with Gasteiger partial charge in [-0.2, -0.15) is 0 Å². The number of amides is 1. The van der Waals surface area contributed by atoms with Gasteiger partial charge < -0.3 is 11.1 Å². The first-order chi connectivity index (χ1) is 7.57. The first kappa shape index (κ1) is 11.1. The highest BCUT2D eigenvalue weighted by atomic mass is 16.2. The van der Waals surface area contributed by atoms with Crippen molar-refractivity contribution < 1.29 is 4.79 Å². The number of benzene rings is 1. The summed E-state index contributed by atoms with van der Waals surface area (Å²) in [6.07, 6.45) is 1.83. The van der Waals surface area contributed by atoms with Crippen molar-refractivity contribution in [1.29, 1.82) is 0 Å². The lowest BCUT2D eigenvalue weighted by Crippen LogP contribution is -2.31. The van der Waals surface area contributed by atoms with Crippen LogP contribution >= 0.6 is 0 Å². The van der Waals surface area contributed by atoms with E-state index in [1.54, 1.807) is 0 Å². The minimum Gasteiger partial charge on any atom is -0.329 e. The quantitative estimate of drug-likeness (QED) is 0.815. The Morgan fingerprint density at radius 2 is 2.12 bits per heavy atom. The lowest BCUT2D eigenvalue weighted by Gasteiger charge is -2.14. The largest absolute Gasteiger partial charge is 0.329 e. The fourth-order valence-corrected chi connectivity index (χ4v) is 1.88. The topological polar surface area (TPSA) is 55.1 Å². The van der Waals surface area contributed by atoms with Gasteiger partial charge in [0.1, 0.15) is 0 Å². The zero-order valence-corrected chi connectivity index (χ0v) is 9.84. The van der Waals surface area contributed by atoms with Gasteiger partial charge in [-0.1, -0.05) is 17.7 Å². The van der Waals surface area contributed by atoms with Gasteiger partial charge in [-0.3, -0.25) is 4.79 Å². The van der Waals surface area contributed by atoms with E-state index >= 15 is 0 Å². The number of nitrogens with two attached hydrogens (primary N) is 1. The lowest BCUT2D eigenvalue weighted by atomic mass is 10.1. The predicted molar refractivity (Wildman–Crippen MR) is 65.3 cm³/mol. The molecule has 1 aliphatic rings. The summed E-state index contributed by atoms with van der Waals surface area (Å²) in [5.74, 6) is 0.0713. The molecule has 2 rings (SSSR count). The molecule has 0 bridgehead atoms. The predicted octanol–water partition coefficient (Wildman–Crippen LogP) is 1.98. The summed E-state index contributed by atoms with van der Waals surface area (Å²) >= 11 is 0. The van der Waals surface area contributed by atoms with Crippen molar-refractivity contribution in [2.75, 3.05) is 11.9 Å². The molecule has 16 heavy (non-hydrogen) atoms. The van der Waals surface area contributed by atoms with Crippen molar-refractivity contribution in [3.05, 3.63) is 29.3 Å². The summed E-state index contributed by atoms with van der Waals surface area (Å²) in [5, 5.41) is 2.97. The van der Waals surface area contributed by atoms with Crippen LogP contribution in [0.25, 0.3) is 0 Å². The van der Waals surface area contributed by atoms with Gasteiger partial charge in [-0.15, -0.1) is 0 Å². The zero-order valence-electron chi connectivity index (χ0n) is 9.84. The van der Waals surface area contributed by atoms with Crippen LogP contribution in [0.15, 0.2) is 18.2 Å². The van der Waals surface area contributed by atoms with Gasteiger partial charge in [0.05, 0.1) is 5.41 Å². The Bertz CT molecular complexity index is 422. The van der Waals surface area contributed by atoms with Crippen molar-refractivity contribution in [3.63, 3.8) is 0 Å². The monoisotopic (exact) mass is 218 g/mol. The molecule has 3 N–H and O–H groups in total. The van der Waals surface area contributed by atoms with Crippen LogP contribution < -0.4 is 11.1 Å². The van der Waals surface area contributed by atoms with Crippen LogP contribution in [0.3, 0.4) is 0 Å². The van der Waals surface area contributed by atoms with E-state index in [2.05, 4.69) is 11.4 Å². The number of aryl methyl sites for hydroxylation is 2. The molecule has 3 heteroatoms. The molecule has 0 unspecified atom stereocenters. The summed E-state index contributed by atoms with van der Waals surface area (Å²) in [5.41, 5.74) is 8.55. The maximum Gasteiger partial charge on any atom is 0.231 e. The molecule has 0 atom stereocenters. The maximum atomic E-state index is 12.0. The summed E-state index contributed by atoms with van der Waals surface area (Å²) in [4.78, 5) is 12.0. The van der Waals surface area contributed by atoms with Crippen LogP contribution in [0.5, 0.6) is 0 Å². The van der Waals surface area contributed by atoms with E-state index in [9.17, 15) is 4.79 Å². The van der Waals surface area contributed by atoms with Crippen LogP contribution in [-0.4, -0.2) is 12.5 Å². The second kappa shape index (κ2) is 3.91. The summed E-state index contributed by atoms with van der Waals surface area (Å²) in [6.45, 7) is 4.50. The smallest absolute Gasteiger partial charge is 0.231 e. The number of hydrogen-bond donors (Lipinski definition) is 2. The lowest BCUT2D eigenvalue weighted by molar-refractivity contribution is -0.120. The first-order valence-corrected chi connectivity index (χ1v) is 5.66. The van der Waals surface area contributed by atoms with Crippen molar-refractivity contribution in [2.24, 2.45) is 11.1 Å². The minimum atomic E-state index is -0.280. The Labute approximate surface area is 96.0 Å². The molecule has 1 aliphatic carbocycles. The third kappa shape index (κ3) is 1.95. The molecule has 0 spiro atoms. The molecule has 1 aromatic carbocycles. The van der Waals surface area contributed by atoms with Gasteiger partial charge in [0.2, 0.25) is 5.91 Å². The SMILES string of the molecule is Cc1ccc(NC(=O)C2(CN)CC2)c(C)c1. The average Bonchev–Trinajstić information content (AvgIpc) is 3.03. The van der Waals surface area contributed by atoms with Crippen molar-refractivity contribution >= 4 is 11.6 Å². The third-order valence-electron chi connectivity index (χ3n) is 3.36. The van der Waals surface area contributed by atoms with Gasteiger partial charge in [-0.25, -0.2) is 0 Å². The first-order valence-electron chi connectivity index (χ1n) is 5.66. The molecule has 86 valence electrons. The number of carbonyl (C=O) groups excluding carboxylic acids is 1. The molecule has 1 amide bonds. The standard InChI is InChI=1S/C13H18N2O/c1-9-3-4-11(10(2)7-9)15-12(16)13(8-14)5-6-13/h3-4,7H,5-6,8,14H2,1-2H3,(H,15,16). The Morgan fingerprint density at radius 3 is 2.62 bits per heavy atom. The molecule has 1 aromatic rings. The number of nitrogens with one attached hydrogen (secondary N) is 1. The summed E-state index contributed by atoms with van der Waals surface area (Å²) in [7, 11) is 0. The van der Waals surface area contributed by atoms with Crippen molar-refractivity contribution in [2.45, 2.75) is 26.7 Å². The Kier molecular flexibility index (Phi) is 2.72. The second-order valence-electron chi connectivity index (χ2n) is 4.76.